The molecule has 0 unspecified atom stereocenters. The highest BCUT2D eigenvalue weighted by Gasteiger charge is 2.39. The van der Waals surface area contributed by atoms with Crippen LogP contribution in [-0.4, -0.2) is 173 Å². The molecule has 408 valence electrons. The number of primary amides is 1. The van der Waals surface area contributed by atoms with Crippen LogP contribution in [-0.2, 0) is 59.2 Å². The van der Waals surface area contributed by atoms with Crippen molar-refractivity contribution in [2.45, 2.75) is 140 Å². The number of hydrogen-bond acceptors (Lipinski definition) is 15. The molecule has 26 nitrogen and oxygen atoms in total. The molecular weight excluding hydrogens is 957 g/mol. The Labute approximate surface area is 424 Å². The first-order valence-electron chi connectivity index (χ1n) is 24.4. The molecule has 2 rings (SSSR count). The maximum absolute atomic E-state index is 14.1. The average Bonchev–Trinajstić information content (AvgIpc) is 3.84. The van der Waals surface area contributed by atoms with Crippen molar-refractivity contribution < 1.29 is 68.1 Å². The Bertz CT molecular complexity index is 2040. The van der Waals surface area contributed by atoms with Gasteiger partial charge in [0.25, 0.3) is 0 Å². The van der Waals surface area contributed by atoms with E-state index in [2.05, 4.69) is 42.5 Å². The van der Waals surface area contributed by atoms with E-state index in [1.54, 1.807) is 44.2 Å². The van der Waals surface area contributed by atoms with Crippen molar-refractivity contribution in [2.75, 3.05) is 39.4 Å². The Kier molecular flexibility index (Phi) is 27.6. The Hall–Kier alpha value is -6.77. The second-order valence-corrected chi connectivity index (χ2v) is 18.6. The lowest BCUT2D eigenvalue weighted by Gasteiger charge is -2.29. The van der Waals surface area contributed by atoms with Gasteiger partial charge in [-0.15, -0.1) is 0 Å². The molecule has 0 spiro atoms. The largest absolute Gasteiger partial charge is 0.480 e. The standard InChI is InChI=1S/C47H76N12O14/c1-26(2)19-31(43(68)56-32(20-27(3)4)44(69)57-33(47(72)73)21-28-11-6-5-7-12-28)55-41(66)29(13-8-9-17-48)54-42(67)30(15-16-37(50)62)52-39(64)23-51-40(65)34(24-60)58-45(70)36-14-10-18-59(36)46(71)35(25-61)53-38(63)22-49/h5-7,11-12,26-27,29-36,60-61H,8-10,13-25,48-49H2,1-4H3,(H2,50,62)(H,51,65)(H,52,64)(H,53,63)(H,54,67)(H,55,66)(H,56,68)(H,57,69)(H,58,70)(H,72,73)/t29-,30-,31-,32-,33-,34-,35-,36-/m0/s1. The zero-order valence-electron chi connectivity index (χ0n) is 42.0. The molecule has 0 radical (unpaired) electrons. The summed E-state index contributed by atoms with van der Waals surface area (Å²) in [7, 11) is 0. The second kappa shape index (κ2) is 32.3. The van der Waals surface area contributed by atoms with Gasteiger partial charge in [0.15, 0.2) is 0 Å². The van der Waals surface area contributed by atoms with Crippen molar-refractivity contribution in [3.05, 3.63) is 35.9 Å². The Morgan fingerprint density at radius 2 is 1.15 bits per heavy atom. The van der Waals surface area contributed by atoms with E-state index in [1.165, 1.54) is 0 Å². The predicted octanol–water partition coefficient (Wildman–Crippen LogP) is -4.76. The number of nitrogens with zero attached hydrogens (tertiary/aromatic N) is 1. The summed E-state index contributed by atoms with van der Waals surface area (Å²) in [5.74, 6) is -10.1. The van der Waals surface area contributed by atoms with Gasteiger partial charge in [0.2, 0.25) is 59.1 Å². The third kappa shape index (κ3) is 22.3. The van der Waals surface area contributed by atoms with E-state index in [-0.39, 0.29) is 63.5 Å². The third-order valence-electron chi connectivity index (χ3n) is 11.6. The number of carboxylic acid groups (broad SMARTS) is 1. The summed E-state index contributed by atoms with van der Waals surface area (Å²) in [5.41, 5.74) is 17.0. The van der Waals surface area contributed by atoms with Crippen LogP contribution in [0.15, 0.2) is 30.3 Å². The van der Waals surface area contributed by atoms with E-state index >= 15 is 0 Å². The minimum Gasteiger partial charge on any atom is -0.480 e. The fraction of sp³-hybridized carbons (Fsp3) is 0.638. The molecule has 1 fully saturated rings. The van der Waals surface area contributed by atoms with E-state index in [0.29, 0.717) is 24.8 Å². The summed E-state index contributed by atoms with van der Waals surface area (Å²) in [6.07, 6.45) is 0.656. The molecule has 0 bridgehead atoms. The van der Waals surface area contributed by atoms with Crippen LogP contribution < -0.4 is 59.7 Å². The number of nitrogens with two attached hydrogens (primary N) is 3. The van der Waals surface area contributed by atoms with Gasteiger partial charge in [0, 0.05) is 19.4 Å². The van der Waals surface area contributed by atoms with Gasteiger partial charge in [-0.3, -0.25) is 47.9 Å². The first kappa shape index (κ1) is 62.3. The van der Waals surface area contributed by atoms with Crippen LogP contribution in [0.3, 0.4) is 0 Å². The zero-order chi connectivity index (χ0) is 54.8. The zero-order valence-corrected chi connectivity index (χ0v) is 42.0. The molecule has 17 N–H and O–H groups in total. The third-order valence-corrected chi connectivity index (χ3v) is 11.6. The maximum Gasteiger partial charge on any atom is 0.326 e. The average molecular weight is 1030 g/mol. The van der Waals surface area contributed by atoms with Crippen LogP contribution in [0.2, 0.25) is 0 Å². The molecule has 1 aromatic carbocycles. The summed E-state index contributed by atoms with van der Waals surface area (Å²) in [6.45, 7) is 4.51. The number of aliphatic hydroxyl groups excluding tert-OH is 2. The lowest BCUT2D eigenvalue weighted by Crippen LogP contribution is -2.59. The van der Waals surface area contributed by atoms with Crippen LogP contribution >= 0.6 is 0 Å². The molecule has 1 heterocycles. The molecule has 10 amide bonds. The number of aliphatic hydroxyl groups is 2. The number of hydrogen-bond donors (Lipinski definition) is 14. The number of nitrogens with one attached hydrogen (secondary N) is 8. The highest BCUT2D eigenvalue weighted by molar-refractivity contribution is 5.98. The smallest absolute Gasteiger partial charge is 0.326 e. The van der Waals surface area contributed by atoms with Gasteiger partial charge in [-0.1, -0.05) is 58.0 Å². The predicted molar refractivity (Wildman–Crippen MR) is 263 cm³/mol. The maximum atomic E-state index is 14.1. The lowest BCUT2D eigenvalue weighted by atomic mass is 9.99. The van der Waals surface area contributed by atoms with Gasteiger partial charge in [0.05, 0.1) is 26.3 Å². The summed E-state index contributed by atoms with van der Waals surface area (Å²) in [4.78, 5) is 145. The number of carboxylic acids is 1. The van der Waals surface area contributed by atoms with Crippen molar-refractivity contribution in [1.82, 2.24) is 47.4 Å². The number of amides is 10. The normalized spacial score (nSPS) is 16.1. The van der Waals surface area contributed by atoms with Gasteiger partial charge in [-0.2, -0.15) is 0 Å². The highest BCUT2D eigenvalue weighted by atomic mass is 16.4. The molecule has 0 saturated carbocycles. The molecular formula is C47H76N12O14. The van der Waals surface area contributed by atoms with Crippen LogP contribution in [0, 0.1) is 11.8 Å². The number of benzene rings is 1. The summed E-state index contributed by atoms with van der Waals surface area (Å²) >= 11 is 0. The first-order chi connectivity index (χ1) is 34.5. The number of carbonyl (C=O) groups is 11. The molecule has 0 aromatic heterocycles. The molecule has 1 saturated heterocycles. The number of likely N-dealkylation sites (tertiary alicyclic amines) is 1. The van der Waals surface area contributed by atoms with Crippen LogP contribution in [0.25, 0.3) is 0 Å². The lowest BCUT2D eigenvalue weighted by molar-refractivity contribution is -0.143. The van der Waals surface area contributed by atoms with E-state index in [9.17, 15) is 68.1 Å². The van der Waals surface area contributed by atoms with E-state index in [4.69, 9.17) is 17.2 Å². The number of rotatable bonds is 33. The van der Waals surface area contributed by atoms with E-state index < -0.39 is 146 Å². The molecule has 1 aliphatic heterocycles. The molecule has 8 atom stereocenters. The first-order valence-corrected chi connectivity index (χ1v) is 24.4. The van der Waals surface area contributed by atoms with Crippen molar-refractivity contribution in [3.8, 4) is 0 Å². The Morgan fingerprint density at radius 3 is 1.66 bits per heavy atom. The highest BCUT2D eigenvalue weighted by Crippen LogP contribution is 2.19. The van der Waals surface area contributed by atoms with Gasteiger partial charge in [-0.25, -0.2) is 4.79 Å². The topological polar surface area (TPSA) is 426 Å². The van der Waals surface area contributed by atoms with Crippen molar-refractivity contribution in [3.63, 3.8) is 0 Å². The van der Waals surface area contributed by atoms with Crippen LogP contribution in [0.4, 0.5) is 0 Å². The van der Waals surface area contributed by atoms with Gasteiger partial charge in [-0.05, 0) is 75.3 Å². The van der Waals surface area contributed by atoms with E-state index in [1.807, 2.05) is 13.8 Å². The number of unbranched alkanes of at least 4 members (excludes halogenated alkanes) is 1. The monoisotopic (exact) mass is 1030 g/mol. The van der Waals surface area contributed by atoms with Crippen molar-refractivity contribution in [1.29, 1.82) is 0 Å². The fourth-order valence-electron chi connectivity index (χ4n) is 7.80. The van der Waals surface area contributed by atoms with Gasteiger partial charge in [0.1, 0.15) is 48.3 Å². The van der Waals surface area contributed by atoms with E-state index in [0.717, 1.165) is 4.90 Å². The SMILES string of the molecule is CC(C)C[C@H](NC(=O)[C@H](CC(C)C)NC(=O)[C@H](CCCCN)NC(=O)[C@H](CCC(N)=O)NC(=O)CNC(=O)[C@H](CO)NC(=O)[C@@H]1CCCN1C(=O)[C@H](CO)NC(=O)CN)C(=O)N[C@@H](Cc1ccccc1)C(=O)O. The van der Waals surface area contributed by atoms with Gasteiger partial charge < -0.3 is 80.0 Å². The molecule has 26 heteroatoms. The van der Waals surface area contributed by atoms with Crippen LogP contribution in [0.5, 0.6) is 0 Å². The Balaban J connectivity index is 2.22. The second-order valence-electron chi connectivity index (χ2n) is 18.6. The summed E-state index contributed by atoms with van der Waals surface area (Å²) < 4.78 is 0. The van der Waals surface area contributed by atoms with Crippen LogP contribution in [0.1, 0.15) is 91.0 Å². The van der Waals surface area contributed by atoms with Crippen molar-refractivity contribution in [2.24, 2.45) is 29.0 Å². The molecule has 1 aliphatic rings. The quantitative estimate of drug-likeness (QED) is 0.0294. The minimum absolute atomic E-state index is 0.00160. The molecule has 73 heavy (non-hydrogen) atoms. The molecule has 1 aromatic rings. The summed E-state index contributed by atoms with van der Waals surface area (Å²) in [5, 5.41) is 49.3. The molecule has 0 aliphatic carbocycles. The minimum atomic E-state index is -1.63. The summed E-state index contributed by atoms with van der Waals surface area (Å²) in [6, 6.07) is -2.11. The Morgan fingerprint density at radius 1 is 0.630 bits per heavy atom. The number of carbonyl (C=O) groups excluding carboxylic acids is 10. The van der Waals surface area contributed by atoms with Crippen molar-refractivity contribution >= 4 is 65.0 Å². The van der Waals surface area contributed by atoms with Gasteiger partial charge >= 0.3 is 5.97 Å². The fourth-order valence-corrected chi connectivity index (χ4v) is 7.80. The number of aliphatic carboxylic acids is 1.